The van der Waals surface area contributed by atoms with Crippen molar-refractivity contribution in [3.05, 3.63) is 60.7 Å². The van der Waals surface area contributed by atoms with Gasteiger partial charge in [0.15, 0.2) is 6.29 Å². The number of aliphatic hydroxyl groups excluding tert-OH is 2. The molecule has 30 heavy (non-hydrogen) atoms. The summed E-state index contributed by atoms with van der Waals surface area (Å²) in [6.45, 7) is 7.32. The molecular weight excluding hydrogens is 392 g/mol. The second-order valence-corrected chi connectivity index (χ2v) is 14.1. The SMILES string of the molecule is CC(C)(C)[Si](OC[C@@H]1[C@H]2CCC(O)O[C@H]2C[C@H]1O)(c1ccccc1)c1ccccc1. The minimum atomic E-state index is -2.62. The minimum absolute atomic E-state index is 0.0316. The fraction of sp³-hybridized carbons (Fsp3) is 0.520. The van der Waals surface area contributed by atoms with E-state index in [2.05, 4.69) is 69.3 Å². The van der Waals surface area contributed by atoms with Gasteiger partial charge in [-0.05, 0) is 34.2 Å². The Kier molecular flexibility index (Phi) is 6.20. The maximum Gasteiger partial charge on any atom is 0.261 e. The molecular formula is C25H34O4Si. The Labute approximate surface area is 181 Å². The summed E-state index contributed by atoms with van der Waals surface area (Å²) in [4.78, 5) is 0. The smallest absolute Gasteiger partial charge is 0.261 e. The first-order valence-electron chi connectivity index (χ1n) is 11.1. The average molecular weight is 427 g/mol. The van der Waals surface area contributed by atoms with Gasteiger partial charge in [0.2, 0.25) is 0 Å². The highest BCUT2D eigenvalue weighted by atomic mass is 28.4. The van der Waals surface area contributed by atoms with Crippen molar-refractivity contribution in [2.24, 2.45) is 11.8 Å². The van der Waals surface area contributed by atoms with E-state index in [4.69, 9.17) is 9.16 Å². The Balaban J connectivity index is 1.69. The lowest BCUT2D eigenvalue weighted by atomic mass is 9.88. The zero-order chi connectivity index (χ0) is 21.4. The summed E-state index contributed by atoms with van der Waals surface area (Å²) in [5.74, 6) is 0.269. The predicted molar refractivity (Wildman–Crippen MR) is 121 cm³/mol. The summed E-state index contributed by atoms with van der Waals surface area (Å²) in [7, 11) is -2.62. The topological polar surface area (TPSA) is 58.9 Å². The summed E-state index contributed by atoms with van der Waals surface area (Å²) >= 11 is 0. The lowest BCUT2D eigenvalue weighted by Crippen LogP contribution is -2.67. The normalized spacial score (nSPS) is 29.6. The molecule has 4 nitrogen and oxygen atoms in total. The zero-order valence-electron chi connectivity index (χ0n) is 18.2. The summed E-state index contributed by atoms with van der Waals surface area (Å²) < 4.78 is 12.8. The van der Waals surface area contributed by atoms with E-state index in [1.165, 1.54) is 10.4 Å². The quantitative estimate of drug-likeness (QED) is 0.722. The van der Waals surface area contributed by atoms with Crippen molar-refractivity contribution in [1.82, 2.24) is 0 Å². The van der Waals surface area contributed by atoms with Gasteiger partial charge in [-0.25, -0.2) is 0 Å². The predicted octanol–water partition coefficient (Wildman–Crippen LogP) is 3.06. The molecule has 1 unspecified atom stereocenters. The molecule has 1 heterocycles. The maximum atomic E-state index is 10.8. The van der Waals surface area contributed by atoms with E-state index in [-0.39, 0.29) is 23.0 Å². The fourth-order valence-electron chi connectivity index (χ4n) is 5.53. The number of hydrogen-bond donors (Lipinski definition) is 2. The van der Waals surface area contributed by atoms with E-state index in [9.17, 15) is 10.2 Å². The first kappa shape index (κ1) is 21.7. The van der Waals surface area contributed by atoms with Crippen molar-refractivity contribution in [1.29, 1.82) is 0 Å². The van der Waals surface area contributed by atoms with Crippen molar-refractivity contribution in [3.8, 4) is 0 Å². The van der Waals surface area contributed by atoms with Gasteiger partial charge in [0.05, 0.1) is 12.2 Å². The number of fused-ring (bicyclic) bond motifs is 1. The van der Waals surface area contributed by atoms with Crippen molar-refractivity contribution in [2.45, 2.75) is 63.6 Å². The Morgan fingerprint density at radius 1 is 0.933 bits per heavy atom. The molecule has 0 radical (unpaired) electrons. The highest BCUT2D eigenvalue weighted by Gasteiger charge is 2.52. The molecule has 1 saturated carbocycles. The third kappa shape index (κ3) is 3.90. The molecule has 1 saturated heterocycles. The van der Waals surface area contributed by atoms with Gasteiger partial charge < -0.3 is 19.4 Å². The second-order valence-electron chi connectivity index (χ2n) is 9.81. The van der Waals surface area contributed by atoms with E-state index in [0.717, 1.165) is 6.42 Å². The van der Waals surface area contributed by atoms with Crippen LogP contribution in [0.2, 0.25) is 5.04 Å². The van der Waals surface area contributed by atoms with Crippen molar-refractivity contribution in [3.63, 3.8) is 0 Å². The molecule has 0 amide bonds. The third-order valence-corrected chi connectivity index (χ3v) is 12.0. The molecule has 2 N–H and O–H groups in total. The highest BCUT2D eigenvalue weighted by molar-refractivity contribution is 6.99. The van der Waals surface area contributed by atoms with Crippen LogP contribution < -0.4 is 10.4 Å². The van der Waals surface area contributed by atoms with E-state index in [1.54, 1.807) is 0 Å². The van der Waals surface area contributed by atoms with Crippen LogP contribution in [0, 0.1) is 11.8 Å². The van der Waals surface area contributed by atoms with Gasteiger partial charge in [-0.1, -0.05) is 81.4 Å². The molecule has 0 spiro atoms. The van der Waals surface area contributed by atoms with Crippen LogP contribution in [0.4, 0.5) is 0 Å². The number of ether oxygens (including phenoxy) is 1. The summed E-state index contributed by atoms with van der Waals surface area (Å²) in [5.41, 5.74) is 0. The average Bonchev–Trinajstić information content (AvgIpc) is 3.03. The van der Waals surface area contributed by atoms with Gasteiger partial charge in [-0.15, -0.1) is 0 Å². The minimum Gasteiger partial charge on any atom is -0.407 e. The van der Waals surface area contributed by atoms with E-state index >= 15 is 0 Å². The molecule has 1 aliphatic heterocycles. The van der Waals surface area contributed by atoms with Crippen LogP contribution in [0.5, 0.6) is 0 Å². The van der Waals surface area contributed by atoms with Gasteiger partial charge in [0.25, 0.3) is 8.32 Å². The number of rotatable bonds is 5. The van der Waals surface area contributed by atoms with Gasteiger partial charge >= 0.3 is 0 Å². The summed E-state index contributed by atoms with van der Waals surface area (Å²) in [6, 6.07) is 21.2. The first-order chi connectivity index (χ1) is 14.3. The van der Waals surface area contributed by atoms with Crippen LogP contribution in [0.1, 0.15) is 40.0 Å². The lowest BCUT2D eigenvalue weighted by molar-refractivity contribution is -0.179. The van der Waals surface area contributed by atoms with Crippen molar-refractivity contribution < 1.29 is 19.4 Å². The van der Waals surface area contributed by atoms with Gasteiger partial charge in [0, 0.05) is 18.9 Å². The molecule has 2 aromatic carbocycles. The second kappa shape index (κ2) is 8.56. The summed E-state index contributed by atoms with van der Waals surface area (Å²) in [6.07, 6.45) is 0.854. The molecule has 0 bridgehead atoms. The molecule has 2 aromatic rings. The first-order valence-corrected chi connectivity index (χ1v) is 13.0. The highest BCUT2D eigenvalue weighted by Crippen LogP contribution is 2.43. The lowest BCUT2D eigenvalue weighted by Gasteiger charge is -2.44. The Hall–Kier alpha value is -1.50. The maximum absolute atomic E-state index is 10.8. The molecule has 1 aliphatic carbocycles. The molecule has 2 aliphatic rings. The van der Waals surface area contributed by atoms with Crippen LogP contribution in [-0.4, -0.2) is 43.6 Å². The zero-order valence-corrected chi connectivity index (χ0v) is 19.2. The number of benzene rings is 2. The fourth-order valence-corrected chi connectivity index (χ4v) is 10.1. The standard InChI is InChI=1S/C25H34O4Si/c1-25(2,3)30(18-10-6-4-7-11-18,19-12-8-5-9-13-19)28-17-21-20-14-15-24(27)29-23(20)16-22(21)26/h4-13,20-24,26-27H,14-17H2,1-3H3/t20-,21-,22-,23+,24?/m1/s1. The van der Waals surface area contributed by atoms with Crippen molar-refractivity contribution >= 4 is 18.7 Å². The van der Waals surface area contributed by atoms with E-state index in [0.29, 0.717) is 19.4 Å². The van der Waals surface area contributed by atoms with Crippen LogP contribution in [0.15, 0.2) is 60.7 Å². The van der Waals surface area contributed by atoms with Crippen LogP contribution in [0.3, 0.4) is 0 Å². The number of aliphatic hydroxyl groups is 2. The van der Waals surface area contributed by atoms with E-state index < -0.39 is 20.7 Å². The van der Waals surface area contributed by atoms with Gasteiger partial charge in [0.1, 0.15) is 0 Å². The monoisotopic (exact) mass is 426 g/mol. The molecule has 4 rings (SSSR count). The Morgan fingerprint density at radius 2 is 1.50 bits per heavy atom. The van der Waals surface area contributed by atoms with Gasteiger partial charge in [-0.3, -0.25) is 0 Å². The third-order valence-electron chi connectivity index (χ3n) is 6.98. The van der Waals surface area contributed by atoms with Crippen LogP contribution >= 0.6 is 0 Å². The molecule has 2 fully saturated rings. The molecule has 5 heteroatoms. The Bertz CT molecular complexity index is 781. The molecule has 0 aromatic heterocycles. The number of hydrogen-bond acceptors (Lipinski definition) is 4. The largest absolute Gasteiger partial charge is 0.407 e. The van der Waals surface area contributed by atoms with Crippen LogP contribution in [0.25, 0.3) is 0 Å². The molecule has 5 atom stereocenters. The van der Waals surface area contributed by atoms with Crippen molar-refractivity contribution in [2.75, 3.05) is 6.61 Å². The molecule has 162 valence electrons. The van der Waals surface area contributed by atoms with Crippen LogP contribution in [-0.2, 0) is 9.16 Å². The van der Waals surface area contributed by atoms with Gasteiger partial charge in [-0.2, -0.15) is 0 Å². The van der Waals surface area contributed by atoms with E-state index in [1.807, 2.05) is 12.1 Å². The summed E-state index contributed by atoms with van der Waals surface area (Å²) in [5, 5.41) is 23.1. The Morgan fingerprint density at radius 3 is 2.03 bits per heavy atom.